The van der Waals surface area contributed by atoms with Gasteiger partial charge in [-0.2, -0.15) is 0 Å². The molecule has 1 atom stereocenters. The highest BCUT2D eigenvalue weighted by atomic mass is 35.5. The molecule has 1 aromatic heterocycles. The summed E-state index contributed by atoms with van der Waals surface area (Å²) >= 11 is 7.67. The second-order valence-electron chi connectivity index (χ2n) is 4.19. The normalized spacial score (nSPS) is 12.1. The third kappa shape index (κ3) is 3.28. The van der Waals surface area contributed by atoms with Gasteiger partial charge in [0.05, 0.1) is 16.6 Å². The van der Waals surface area contributed by atoms with Crippen LogP contribution in [0.2, 0.25) is 5.02 Å². The summed E-state index contributed by atoms with van der Waals surface area (Å²) in [5, 5.41) is 5.37. The Morgan fingerprint density at radius 2 is 2.26 bits per heavy atom. The average molecular weight is 295 g/mol. The summed E-state index contributed by atoms with van der Waals surface area (Å²) in [6.07, 6.45) is 0.832. The standard InChI is InChI=1S/C14H15ClN2OS/c1-2-12(13-4-3-7-19-13)17-14(18)10-6-5-9(16)8-11(10)15/h3-8,12H,2,16H2,1H3,(H,17,18). The Labute approximate surface area is 121 Å². The maximum Gasteiger partial charge on any atom is 0.253 e. The number of anilines is 1. The summed E-state index contributed by atoms with van der Waals surface area (Å²) in [4.78, 5) is 13.4. The van der Waals surface area contributed by atoms with Gasteiger partial charge in [-0.15, -0.1) is 11.3 Å². The van der Waals surface area contributed by atoms with Gasteiger partial charge in [0.1, 0.15) is 0 Å². The van der Waals surface area contributed by atoms with Gasteiger partial charge >= 0.3 is 0 Å². The molecule has 0 saturated heterocycles. The first-order valence-corrected chi connectivity index (χ1v) is 7.27. The summed E-state index contributed by atoms with van der Waals surface area (Å²) < 4.78 is 0. The summed E-state index contributed by atoms with van der Waals surface area (Å²) in [7, 11) is 0. The quantitative estimate of drug-likeness (QED) is 0.841. The molecule has 0 radical (unpaired) electrons. The van der Waals surface area contributed by atoms with Crippen molar-refractivity contribution in [3.05, 3.63) is 51.2 Å². The SMILES string of the molecule is CCC(NC(=O)c1ccc(N)cc1Cl)c1cccs1. The minimum Gasteiger partial charge on any atom is -0.399 e. The van der Waals surface area contributed by atoms with E-state index in [0.717, 1.165) is 11.3 Å². The van der Waals surface area contributed by atoms with E-state index >= 15 is 0 Å². The van der Waals surface area contributed by atoms with Crippen molar-refractivity contribution in [2.75, 3.05) is 5.73 Å². The molecule has 0 aliphatic carbocycles. The fourth-order valence-electron chi connectivity index (χ4n) is 1.82. The molecule has 2 aromatic rings. The van der Waals surface area contributed by atoms with Crippen molar-refractivity contribution in [2.45, 2.75) is 19.4 Å². The van der Waals surface area contributed by atoms with E-state index in [1.54, 1.807) is 29.5 Å². The number of nitrogens with one attached hydrogen (secondary N) is 1. The molecule has 3 N–H and O–H groups in total. The molecule has 3 nitrogen and oxygen atoms in total. The smallest absolute Gasteiger partial charge is 0.253 e. The zero-order chi connectivity index (χ0) is 13.8. The minimum atomic E-state index is -0.176. The van der Waals surface area contributed by atoms with Crippen LogP contribution in [-0.4, -0.2) is 5.91 Å². The zero-order valence-electron chi connectivity index (χ0n) is 10.5. The number of thiophene rings is 1. The van der Waals surface area contributed by atoms with Crippen LogP contribution >= 0.6 is 22.9 Å². The third-order valence-corrected chi connectivity index (χ3v) is 4.14. The Morgan fingerprint density at radius 3 is 2.84 bits per heavy atom. The van der Waals surface area contributed by atoms with Crippen LogP contribution in [-0.2, 0) is 0 Å². The number of carbonyl (C=O) groups is 1. The first-order valence-electron chi connectivity index (χ1n) is 6.01. The van der Waals surface area contributed by atoms with Crippen molar-refractivity contribution >= 4 is 34.5 Å². The van der Waals surface area contributed by atoms with Gasteiger partial charge in [0.2, 0.25) is 0 Å². The van der Waals surface area contributed by atoms with Crippen LogP contribution in [0.1, 0.15) is 34.6 Å². The van der Waals surface area contributed by atoms with Gasteiger partial charge in [-0.05, 0) is 36.1 Å². The number of hydrogen-bond acceptors (Lipinski definition) is 3. The highest BCUT2D eigenvalue weighted by Crippen LogP contribution is 2.24. The first-order chi connectivity index (χ1) is 9.11. The molecule has 0 aliphatic heterocycles. The van der Waals surface area contributed by atoms with Crippen molar-refractivity contribution in [3.63, 3.8) is 0 Å². The Hall–Kier alpha value is -1.52. The number of halogens is 1. The second-order valence-corrected chi connectivity index (χ2v) is 5.58. The van der Waals surface area contributed by atoms with Crippen molar-refractivity contribution in [3.8, 4) is 0 Å². The van der Waals surface area contributed by atoms with Gasteiger partial charge in [0.15, 0.2) is 0 Å². The molecule has 19 heavy (non-hydrogen) atoms. The molecule has 0 fully saturated rings. The van der Waals surface area contributed by atoms with E-state index in [0.29, 0.717) is 16.3 Å². The zero-order valence-corrected chi connectivity index (χ0v) is 12.1. The molecule has 1 heterocycles. The van der Waals surface area contributed by atoms with E-state index in [1.807, 2.05) is 24.4 Å². The summed E-state index contributed by atoms with van der Waals surface area (Å²) in [5.74, 6) is -0.176. The molecule has 0 aliphatic rings. The predicted octanol–water partition coefficient (Wildman–Crippen LogP) is 3.86. The Balaban J connectivity index is 2.16. The number of nitrogen functional groups attached to an aromatic ring is 1. The van der Waals surface area contributed by atoms with Crippen LogP contribution in [0.4, 0.5) is 5.69 Å². The van der Waals surface area contributed by atoms with Gasteiger partial charge in [-0.1, -0.05) is 24.6 Å². The van der Waals surface area contributed by atoms with E-state index in [-0.39, 0.29) is 11.9 Å². The van der Waals surface area contributed by atoms with Gasteiger partial charge in [-0.25, -0.2) is 0 Å². The highest BCUT2D eigenvalue weighted by Gasteiger charge is 2.16. The van der Waals surface area contributed by atoms with Crippen molar-refractivity contribution in [1.29, 1.82) is 0 Å². The number of hydrogen-bond donors (Lipinski definition) is 2. The topological polar surface area (TPSA) is 55.1 Å². The van der Waals surface area contributed by atoms with E-state index in [1.165, 1.54) is 0 Å². The van der Waals surface area contributed by atoms with E-state index < -0.39 is 0 Å². The molecule has 1 aromatic carbocycles. The molecular weight excluding hydrogens is 280 g/mol. The summed E-state index contributed by atoms with van der Waals surface area (Å²) in [5.41, 5.74) is 6.62. The molecular formula is C14H15ClN2OS. The second kappa shape index (κ2) is 6.08. The van der Waals surface area contributed by atoms with E-state index in [4.69, 9.17) is 17.3 Å². The first kappa shape index (κ1) is 13.9. The maximum atomic E-state index is 12.2. The lowest BCUT2D eigenvalue weighted by Crippen LogP contribution is -2.27. The lowest BCUT2D eigenvalue weighted by Gasteiger charge is -2.16. The average Bonchev–Trinajstić information content (AvgIpc) is 2.89. The van der Waals surface area contributed by atoms with E-state index in [9.17, 15) is 4.79 Å². The van der Waals surface area contributed by atoms with Gasteiger partial charge in [0.25, 0.3) is 5.91 Å². The number of carbonyl (C=O) groups excluding carboxylic acids is 1. The fraction of sp³-hybridized carbons (Fsp3) is 0.214. The number of amides is 1. The van der Waals surface area contributed by atoms with Crippen LogP contribution in [0.25, 0.3) is 0 Å². The third-order valence-electron chi connectivity index (χ3n) is 2.84. The number of benzene rings is 1. The van der Waals surface area contributed by atoms with Crippen LogP contribution in [0.5, 0.6) is 0 Å². The molecule has 100 valence electrons. The highest BCUT2D eigenvalue weighted by molar-refractivity contribution is 7.10. The lowest BCUT2D eigenvalue weighted by molar-refractivity contribution is 0.0936. The predicted molar refractivity (Wildman–Crippen MR) is 80.7 cm³/mol. The molecule has 1 amide bonds. The van der Waals surface area contributed by atoms with Gasteiger partial charge in [0, 0.05) is 10.6 Å². The largest absolute Gasteiger partial charge is 0.399 e. The molecule has 0 spiro atoms. The van der Waals surface area contributed by atoms with Crippen LogP contribution in [0.15, 0.2) is 35.7 Å². The fourth-order valence-corrected chi connectivity index (χ4v) is 2.95. The van der Waals surface area contributed by atoms with Crippen molar-refractivity contribution < 1.29 is 4.79 Å². The van der Waals surface area contributed by atoms with Gasteiger partial charge < -0.3 is 11.1 Å². The van der Waals surface area contributed by atoms with Crippen LogP contribution < -0.4 is 11.1 Å². The molecule has 1 unspecified atom stereocenters. The molecule has 0 bridgehead atoms. The maximum absolute atomic E-state index is 12.2. The molecule has 5 heteroatoms. The Bertz CT molecular complexity index is 569. The minimum absolute atomic E-state index is 0.0149. The number of rotatable bonds is 4. The van der Waals surface area contributed by atoms with Gasteiger partial charge in [-0.3, -0.25) is 4.79 Å². The van der Waals surface area contributed by atoms with E-state index in [2.05, 4.69) is 5.32 Å². The van der Waals surface area contributed by atoms with Crippen LogP contribution in [0, 0.1) is 0 Å². The Morgan fingerprint density at radius 1 is 1.47 bits per heavy atom. The van der Waals surface area contributed by atoms with Crippen molar-refractivity contribution in [2.24, 2.45) is 0 Å². The summed E-state index contributed by atoms with van der Waals surface area (Å²) in [6.45, 7) is 2.04. The monoisotopic (exact) mass is 294 g/mol. The molecule has 2 rings (SSSR count). The summed E-state index contributed by atoms with van der Waals surface area (Å²) in [6, 6.07) is 8.92. The Kier molecular flexibility index (Phi) is 4.45. The number of nitrogens with two attached hydrogens (primary N) is 1. The molecule has 0 saturated carbocycles. The lowest BCUT2D eigenvalue weighted by atomic mass is 10.1. The van der Waals surface area contributed by atoms with Crippen LogP contribution in [0.3, 0.4) is 0 Å². The van der Waals surface area contributed by atoms with Crippen molar-refractivity contribution in [1.82, 2.24) is 5.32 Å².